The number of aryl methyl sites for hydroxylation is 1. The van der Waals surface area contributed by atoms with Crippen LogP contribution in [0.15, 0.2) is 67.0 Å². The van der Waals surface area contributed by atoms with Crippen molar-refractivity contribution in [2.75, 3.05) is 5.32 Å². The zero-order valence-electron chi connectivity index (χ0n) is 14.0. The molecule has 1 heterocycles. The van der Waals surface area contributed by atoms with Crippen molar-refractivity contribution in [1.29, 1.82) is 0 Å². The maximum atomic E-state index is 13.1. The average Bonchev–Trinajstić information content (AvgIpc) is 3.06. The summed E-state index contributed by atoms with van der Waals surface area (Å²) in [6, 6.07) is 12.5. The molecule has 3 aromatic rings. The number of benzene rings is 2. The van der Waals surface area contributed by atoms with Gasteiger partial charge in [0.1, 0.15) is 5.82 Å². The number of anilines is 1. The molecule has 0 radical (unpaired) electrons. The first-order valence-electron chi connectivity index (χ1n) is 7.89. The average molecular weight is 349 g/mol. The molecule has 0 saturated carbocycles. The van der Waals surface area contributed by atoms with Crippen molar-refractivity contribution in [1.82, 2.24) is 9.55 Å². The molecule has 1 N–H and O–H groups in total. The van der Waals surface area contributed by atoms with Crippen LogP contribution in [0.4, 0.5) is 10.1 Å². The van der Waals surface area contributed by atoms with Gasteiger partial charge in [-0.3, -0.25) is 9.59 Å². The van der Waals surface area contributed by atoms with Crippen LogP contribution in [0.25, 0.3) is 6.08 Å². The number of rotatable bonds is 5. The Labute approximate surface area is 149 Å². The molecule has 0 fully saturated rings. The lowest BCUT2D eigenvalue weighted by atomic mass is 10.1. The normalized spacial score (nSPS) is 10.8. The minimum Gasteiger partial charge on any atom is -0.331 e. The highest BCUT2D eigenvalue weighted by molar-refractivity contribution is 6.07. The van der Waals surface area contributed by atoms with Crippen LogP contribution in [0, 0.1) is 5.82 Å². The third-order valence-corrected chi connectivity index (χ3v) is 3.71. The van der Waals surface area contributed by atoms with Gasteiger partial charge >= 0.3 is 0 Å². The molecule has 2 aromatic carbocycles. The highest BCUT2D eigenvalue weighted by Gasteiger charge is 2.13. The van der Waals surface area contributed by atoms with E-state index in [0.717, 1.165) is 0 Å². The number of ketones is 1. The van der Waals surface area contributed by atoms with Crippen molar-refractivity contribution in [2.45, 2.75) is 0 Å². The predicted octanol–water partition coefficient (Wildman–Crippen LogP) is 3.44. The van der Waals surface area contributed by atoms with E-state index < -0.39 is 0 Å². The first-order valence-corrected chi connectivity index (χ1v) is 7.89. The molecule has 6 heteroatoms. The number of imidazole rings is 1. The molecule has 0 saturated heterocycles. The smallest absolute Gasteiger partial charge is 0.248 e. The topological polar surface area (TPSA) is 64.0 Å². The van der Waals surface area contributed by atoms with Gasteiger partial charge in [0, 0.05) is 36.8 Å². The number of hydrogen-bond donors (Lipinski definition) is 1. The zero-order chi connectivity index (χ0) is 18.5. The number of carbonyl (C=O) groups excluding carboxylic acids is 2. The minimum atomic E-state index is -0.361. The molecule has 1 amide bonds. The van der Waals surface area contributed by atoms with Gasteiger partial charge < -0.3 is 9.88 Å². The summed E-state index contributed by atoms with van der Waals surface area (Å²) < 4.78 is 14.7. The van der Waals surface area contributed by atoms with Gasteiger partial charge in [-0.1, -0.05) is 12.1 Å². The van der Waals surface area contributed by atoms with E-state index in [9.17, 15) is 14.0 Å². The quantitative estimate of drug-likeness (QED) is 0.567. The van der Waals surface area contributed by atoms with E-state index in [2.05, 4.69) is 10.3 Å². The van der Waals surface area contributed by atoms with Gasteiger partial charge in [0.2, 0.25) is 11.7 Å². The molecule has 0 aliphatic rings. The molecular weight excluding hydrogens is 333 g/mol. The number of hydrogen-bond acceptors (Lipinski definition) is 3. The second-order valence-electron chi connectivity index (χ2n) is 5.65. The number of nitrogens with zero attached hydrogens (tertiary/aromatic N) is 2. The summed E-state index contributed by atoms with van der Waals surface area (Å²) in [5.74, 6) is -0.556. The van der Waals surface area contributed by atoms with Crippen molar-refractivity contribution in [2.24, 2.45) is 7.05 Å². The largest absolute Gasteiger partial charge is 0.331 e. The maximum Gasteiger partial charge on any atom is 0.248 e. The highest BCUT2D eigenvalue weighted by Crippen LogP contribution is 2.13. The van der Waals surface area contributed by atoms with Crippen LogP contribution < -0.4 is 5.32 Å². The van der Waals surface area contributed by atoms with Crippen LogP contribution in [0.1, 0.15) is 21.7 Å². The van der Waals surface area contributed by atoms with E-state index in [1.807, 2.05) is 0 Å². The Morgan fingerprint density at radius 1 is 1.15 bits per heavy atom. The Morgan fingerprint density at radius 2 is 1.92 bits per heavy atom. The monoisotopic (exact) mass is 349 g/mol. The van der Waals surface area contributed by atoms with E-state index in [1.165, 1.54) is 24.3 Å². The van der Waals surface area contributed by atoms with Gasteiger partial charge in [-0.15, -0.1) is 0 Å². The fourth-order valence-corrected chi connectivity index (χ4v) is 2.38. The van der Waals surface area contributed by atoms with Crippen molar-refractivity contribution in [3.63, 3.8) is 0 Å². The molecule has 1 aromatic heterocycles. The number of nitrogens with one attached hydrogen (secondary N) is 1. The highest BCUT2D eigenvalue weighted by atomic mass is 19.1. The molecule has 0 atom stereocenters. The molecular formula is C20H16FN3O2. The summed E-state index contributed by atoms with van der Waals surface area (Å²) >= 11 is 0. The Hall–Kier alpha value is -3.54. The van der Waals surface area contributed by atoms with E-state index in [-0.39, 0.29) is 17.5 Å². The molecule has 0 aliphatic heterocycles. The molecule has 0 unspecified atom stereocenters. The van der Waals surface area contributed by atoms with E-state index >= 15 is 0 Å². The fraction of sp³-hybridized carbons (Fsp3) is 0.0500. The van der Waals surface area contributed by atoms with Crippen LogP contribution in [0.5, 0.6) is 0 Å². The fourth-order valence-electron chi connectivity index (χ4n) is 2.38. The lowest BCUT2D eigenvalue weighted by molar-refractivity contribution is -0.111. The first kappa shape index (κ1) is 17.3. The molecule has 0 spiro atoms. The van der Waals surface area contributed by atoms with Crippen molar-refractivity contribution >= 4 is 23.5 Å². The summed E-state index contributed by atoms with van der Waals surface area (Å²) in [4.78, 5) is 28.3. The molecule has 3 rings (SSSR count). The van der Waals surface area contributed by atoms with Crippen LogP contribution in [0.2, 0.25) is 0 Å². The lowest BCUT2D eigenvalue weighted by Crippen LogP contribution is -2.10. The van der Waals surface area contributed by atoms with Crippen LogP contribution >= 0.6 is 0 Å². The summed E-state index contributed by atoms with van der Waals surface area (Å²) in [6.07, 6.45) is 6.11. The standard InChI is InChI=1S/C20H16FN3O2/c1-24-12-11-22-20(24)19(26)15-6-8-17(9-7-15)23-18(25)10-5-14-3-2-4-16(21)13-14/h2-13H,1H3,(H,23,25)/b10-5+. The van der Waals surface area contributed by atoms with Crippen LogP contribution in [0.3, 0.4) is 0 Å². The van der Waals surface area contributed by atoms with E-state index in [4.69, 9.17) is 0 Å². The van der Waals surface area contributed by atoms with Crippen LogP contribution in [-0.4, -0.2) is 21.2 Å². The molecule has 26 heavy (non-hydrogen) atoms. The predicted molar refractivity (Wildman–Crippen MR) is 97.1 cm³/mol. The number of amides is 1. The Morgan fingerprint density at radius 3 is 2.58 bits per heavy atom. The van der Waals surface area contributed by atoms with Gasteiger partial charge in [0.05, 0.1) is 0 Å². The van der Waals surface area contributed by atoms with Gasteiger partial charge in [-0.05, 0) is 48.0 Å². The van der Waals surface area contributed by atoms with Crippen molar-refractivity contribution < 1.29 is 14.0 Å². The van der Waals surface area contributed by atoms with Gasteiger partial charge in [-0.25, -0.2) is 9.37 Å². The minimum absolute atomic E-state index is 0.193. The molecule has 5 nitrogen and oxygen atoms in total. The number of halogens is 1. The first-order chi connectivity index (χ1) is 12.5. The Balaban J connectivity index is 1.65. The zero-order valence-corrected chi connectivity index (χ0v) is 14.0. The summed E-state index contributed by atoms with van der Waals surface area (Å²) in [5, 5.41) is 2.69. The van der Waals surface area contributed by atoms with E-state index in [1.54, 1.807) is 60.4 Å². The third-order valence-electron chi connectivity index (χ3n) is 3.71. The number of carbonyl (C=O) groups is 2. The second-order valence-corrected chi connectivity index (χ2v) is 5.65. The summed E-state index contributed by atoms with van der Waals surface area (Å²) in [6.45, 7) is 0. The summed E-state index contributed by atoms with van der Waals surface area (Å²) in [7, 11) is 1.75. The lowest BCUT2D eigenvalue weighted by Gasteiger charge is -2.05. The Bertz CT molecular complexity index is 975. The van der Waals surface area contributed by atoms with Gasteiger partial charge in [0.15, 0.2) is 5.82 Å². The second kappa shape index (κ2) is 7.57. The van der Waals surface area contributed by atoms with Crippen molar-refractivity contribution in [3.8, 4) is 0 Å². The maximum absolute atomic E-state index is 13.1. The number of aromatic nitrogens is 2. The van der Waals surface area contributed by atoms with Gasteiger partial charge in [-0.2, -0.15) is 0 Å². The van der Waals surface area contributed by atoms with Crippen LogP contribution in [-0.2, 0) is 11.8 Å². The van der Waals surface area contributed by atoms with Gasteiger partial charge in [0.25, 0.3) is 0 Å². The SMILES string of the molecule is Cn1ccnc1C(=O)c1ccc(NC(=O)/C=C/c2cccc(F)c2)cc1. The molecule has 130 valence electrons. The molecule has 0 aliphatic carbocycles. The molecule has 0 bridgehead atoms. The summed E-state index contributed by atoms with van der Waals surface area (Å²) in [5.41, 5.74) is 1.62. The Kier molecular flexibility index (Phi) is 5.03. The van der Waals surface area contributed by atoms with Crippen molar-refractivity contribution in [3.05, 3.63) is 89.8 Å². The third kappa shape index (κ3) is 4.10. The van der Waals surface area contributed by atoms with E-state index in [0.29, 0.717) is 22.6 Å².